The highest BCUT2D eigenvalue weighted by Crippen LogP contribution is 2.32. The molecule has 12 heteroatoms. The predicted octanol–water partition coefficient (Wildman–Crippen LogP) is -3.46. The smallest absolute Gasteiger partial charge is 0.187 e. The van der Waals surface area contributed by atoms with Crippen LogP contribution in [0.1, 0.15) is 26.7 Å². The van der Waals surface area contributed by atoms with Crippen LogP contribution in [0.15, 0.2) is 0 Å². The van der Waals surface area contributed by atoms with E-state index >= 15 is 0 Å². The van der Waals surface area contributed by atoms with Crippen molar-refractivity contribution in [3.63, 3.8) is 0 Å². The third-order valence-corrected chi connectivity index (χ3v) is 5.83. The van der Waals surface area contributed by atoms with Gasteiger partial charge in [-0.15, -0.1) is 0 Å². The molecule has 176 valence electrons. The zero-order chi connectivity index (χ0) is 22.2. The van der Waals surface area contributed by atoms with Gasteiger partial charge in [-0.2, -0.15) is 0 Å². The number of rotatable bonds is 5. The second-order valence-electron chi connectivity index (χ2n) is 8.04. The molecule has 0 aromatic heterocycles. The second-order valence-corrected chi connectivity index (χ2v) is 8.04. The van der Waals surface area contributed by atoms with Crippen LogP contribution in [0.3, 0.4) is 0 Å². The number of hydrogen-bond donors (Lipinski definition) is 7. The lowest BCUT2D eigenvalue weighted by molar-refractivity contribution is -0.375. The molecule has 0 bridgehead atoms. The maximum atomic E-state index is 10.6. The van der Waals surface area contributed by atoms with Crippen molar-refractivity contribution >= 4 is 0 Å². The number of aliphatic hydroxyl groups excluding tert-OH is 7. The maximum Gasteiger partial charge on any atom is 0.187 e. The fraction of sp³-hybridized carbons (Fsp3) is 1.00. The molecule has 3 rings (SSSR count). The zero-order valence-electron chi connectivity index (χ0n) is 16.8. The van der Waals surface area contributed by atoms with Crippen LogP contribution in [-0.4, -0.2) is 122 Å². The van der Waals surface area contributed by atoms with Gasteiger partial charge in [0.05, 0.1) is 24.9 Å². The molecule has 0 aliphatic carbocycles. The van der Waals surface area contributed by atoms with E-state index in [9.17, 15) is 35.7 Å². The maximum absolute atomic E-state index is 10.6. The van der Waals surface area contributed by atoms with Crippen LogP contribution in [0.25, 0.3) is 0 Å². The topological polar surface area (TPSA) is 188 Å². The Hall–Kier alpha value is -0.480. The molecule has 0 aromatic rings. The Labute approximate surface area is 173 Å². The van der Waals surface area contributed by atoms with Crippen LogP contribution < -0.4 is 0 Å². The summed E-state index contributed by atoms with van der Waals surface area (Å²) in [7, 11) is 0. The van der Waals surface area contributed by atoms with Crippen LogP contribution >= 0.6 is 0 Å². The average molecular weight is 440 g/mol. The van der Waals surface area contributed by atoms with Crippen LogP contribution in [0.2, 0.25) is 0 Å². The summed E-state index contributed by atoms with van der Waals surface area (Å²) in [5.41, 5.74) is 0. The number of hydrogen-bond acceptors (Lipinski definition) is 12. The third-order valence-electron chi connectivity index (χ3n) is 5.83. The van der Waals surface area contributed by atoms with Gasteiger partial charge in [-0.1, -0.05) is 0 Å². The average Bonchev–Trinajstić information content (AvgIpc) is 2.71. The summed E-state index contributed by atoms with van der Waals surface area (Å²) in [6.45, 7) is 2.57. The molecule has 0 saturated carbocycles. The van der Waals surface area contributed by atoms with Gasteiger partial charge in [-0.25, -0.2) is 0 Å². The minimum atomic E-state index is -1.64. The highest BCUT2D eigenvalue weighted by atomic mass is 16.8. The number of ether oxygens (including phenoxy) is 5. The Bertz CT molecular complexity index is 551. The van der Waals surface area contributed by atoms with Gasteiger partial charge >= 0.3 is 0 Å². The summed E-state index contributed by atoms with van der Waals surface area (Å²) < 4.78 is 27.9. The summed E-state index contributed by atoms with van der Waals surface area (Å²) >= 11 is 0. The fourth-order valence-electron chi connectivity index (χ4n) is 3.89. The van der Waals surface area contributed by atoms with Crippen molar-refractivity contribution in [1.29, 1.82) is 0 Å². The number of aliphatic hydroxyl groups is 7. The van der Waals surface area contributed by atoms with Gasteiger partial charge in [0.15, 0.2) is 18.9 Å². The van der Waals surface area contributed by atoms with E-state index < -0.39 is 86.5 Å². The highest BCUT2D eigenvalue weighted by Gasteiger charge is 2.51. The van der Waals surface area contributed by atoms with E-state index in [1.54, 1.807) is 6.92 Å². The molecular formula is C18H32O12. The molecule has 13 atom stereocenters. The van der Waals surface area contributed by atoms with Crippen molar-refractivity contribution < 1.29 is 59.4 Å². The van der Waals surface area contributed by atoms with Crippen molar-refractivity contribution in [2.45, 2.75) is 107 Å². The normalized spacial score (nSPS) is 52.9. The Morgan fingerprint density at radius 1 is 0.700 bits per heavy atom. The zero-order valence-corrected chi connectivity index (χ0v) is 16.8. The van der Waals surface area contributed by atoms with Crippen LogP contribution in [0.5, 0.6) is 0 Å². The van der Waals surface area contributed by atoms with E-state index in [4.69, 9.17) is 23.7 Å². The first-order chi connectivity index (χ1) is 14.1. The van der Waals surface area contributed by atoms with Crippen molar-refractivity contribution in [3.05, 3.63) is 0 Å². The van der Waals surface area contributed by atoms with Gasteiger partial charge in [0.2, 0.25) is 0 Å². The molecule has 0 radical (unpaired) electrons. The molecule has 1 unspecified atom stereocenters. The standard InChI is InChI=1S/C18H32O12/c1-6-8(3-4-10(20)26-6)28-18-16(14(24)12(22)9(5-19)29-18)30-17-15(25)13(23)11(21)7(2)27-17/h6-25H,3-5H2,1-2H3/t6-,7+,8+,9-,10?,11-,12+,13-,14+,15+,16-,17+,18-/m1/s1. The Balaban J connectivity index is 1.75. The predicted molar refractivity (Wildman–Crippen MR) is 95.6 cm³/mol. The SMILES string of the molecule is C[C@@H]1O[C@@H](O[C@H]2[C@H](O[C@H]3CCC(O)O[C@@H]3C)O[C@H](CO)[C@H](O)[C@@H]2O)[C@@H](O)[C@H](O)[C@@H]1O. The Kier molecular flexibility index (Phi) is 8.04. The van der Waals surface area contributed by atoms with Crippen molar-refractivity contribution in [3.8, 4) is 0 Å². The van der Waals surface area contributed by atoms with E-state index in [-0.39, 0.29) is 0 Å². The van der Waals surface area contributed by atoms with E-state index in [0.717, 1.165) is 0 Å². The lowest BCUT2D eigenvalue weighted by Crippen LogP contribution is -2.64. The lowest BCUT2D eigenvalue weighted by atomic mass is 9.97. The molecule has 0 amide bonds. The summed E-state index contributed by atoms with van der Waals surface area (Å²) in [4.78, 5) is 0. The fourth-order valence-corrected chi connectivity index (χ4v) is 3.89. The van der Waals surface area contributed by atoms with E-state index in [2.05, 4.69) is 0 Å². The largest absolute Gasteiger partial charge is 0.394 e. The molecule has 12 nitrogen and oxygen atoms in total. The molecule has 0 aromatic carbocycles. The van der Waals surface area contributed by atoms with Crippen LogP contribution in [-0.2, 0) is 23.7 Å². The summed E-state index contributed by atoms with van der Waals surface area (Å²) in [6.07, 6.45) is -15.0. The molecule has 3 aliphatic heterocycles. The van der Waals surface area contributed by atoms with E-state index in [0.29, 0.717) is 12.8 Å². The minimum absolute atomic E-state index is 0.313. The van der Waals surface area contributed by atoms with Crippen molar-refractivity contribution in [1.82, 2.24) is 0 Å². The molecule has 3 fully saturated rings. The summed E-state index contributed by atoms with van der Waals surface area (Å²) in [5, 5.41) is 69.9. The van der Waals surface area contributed by atoms with E-state index in [1.165, 1.54) is 6.92 Å². The third kappa shape index (κ3) is 4.95. The monoisotopic (exact) mass is 440 g/mol. The van der Waals surface area contributed by atoms with Gasteiger partial charge in [-0.05, 0) is 20.3 Å². The van der Waals surface area contributed by atoms with Crippen molar-refractivity contribution in [2.75, 3.05) is 6.61 Å². The molecule has 3 saturated heterocycles. The van der Waals surface area contributed by atoms with Gasteiger partial charge in [0.1, 0.15) is 42.7 Å². The molecule has 0 spiro atoms. The van der Waals surface area contributed by atoms with Crippen molar-refractivity contribution in [2.24, 2.45) is 0 Å². The highest BCUT2D eigenvalue weighted by molar-refractivity contribution is 4.93. The second kappa shape index (κ2) is 9.98. The Morgan fingerprint density at radius 3 is 2.03 bits per heavy atom. The minimum Gasteiger partial charge on any atom is -0.394 e. The van der Waals surface area contributed by atoms with E-state index in [1.807, 2.05) is 0 Å². The lowest BCUT2D eigenvalue weighted by Gasteiger charge is -2.47. The molecule has 3 aliphatic rings. The quantitative estimate of drug-likeness (QED) is 0.224. The van der Waals surface area contributed by atoms with Gasteiger partial charge < -0.3 is 59.4 Å². The Morgan fingerprint density at radius 2 is 1.40 bits per heavy atom. The molecule has 30 heavy (non-hydrogen) atoms. The van der Waals surface area contributed by atoms with Gasteiger partial charge in [0.25, 0.3) is 0 Å². The van der Waals surface area contributed by atoms with Gasteiger partial charge in [-0.3, -0.25) is 0 Å². The van der Waals surface area contributed by atoms with Crippen LogP contribution in [0, 0.1) is 0 Å². The molecular weight excluding hydrogens is 408 g/mol. The molecule has 3 heterocycles. The summed E-state index contributed by atoms with van der Waals surface area (Å²) in [6, 6.07) is 0. The first-order valence-electron chi connectivity index (χ1n) is 10.1. The summed E-state index contributed by atoms with van der Waals surface area (Å²) in [5.74, 6) is 0. The molecule has 7 N–H and O–H groups in total. The first-order valence-corrected chi connectivity index (χ1v) is 10.1. The van der Waals surface area contributed by atoms with Gasteiger partial charge in [0, 0.05) is 6.42 Å². The van der Waals surface area contributed by atoms with Crippen LogP contribution in [0.4, 0.5) is 0 Å². The first kappa shape index (κ1) is 24.2.